The summed E-state index contributed by atoms with van der Waals surface area (Å²) in [6.45, 7) is 1.90. The smallest absolute Gasteiger partial charge is 0.206 e. The first kappa shape index (κ1) is 10.9. The first-order chi connectivity index (χ1) is 7.72. The zero-order valence-corrected chi connectivity index (χ0v) is 9.42. The van der Waals surface area contributed by atoms with E-state index in [1.807, 2.05) is 6.92 Å². The van der Waals surface area contributed by atoms with Crippen LogP contribution in [0, 0.1) is 5.82 Å². The Morgan fingerprint density at radius 3 is 3.00 bits per heavy atom. The molecular formula is C11H9FN2OS. The second kappa shape index (κ2) is 4.49. The van der Waals surface area contributed by atoms with E-state index in [9.17, 15) is 9.18 Å². The normalized spacial score (nSPS) is 10.4. The Hall–Kier alpha value is -1.62. The van der Waals surface area contributed by atoms with Crippen LogP contribution in [0.15, 0.2) is 24.3 Å². The molecule has 3 nitrogen and oxygen atoms in total. The van der Waals surface area contributed by atoms with Gasteiger partial charge in [0.2, 0.25) is 5.78 Å². The third-order valence-electron chi connectivity index (χ3n) is 2.18. The molecule has 0 saturated heterocycles. The highest BCUT2D eigenvalue weighted by Crippen LogP contribution is 2.17. The summed E-state index contributed by atoms with van der Waals surface area (Å²) in [6, 6.07) is 5.64. The maximum absolute atomic E-state index is 13.0. The van der Waals surface area contributed by atoms with E-state index in [0.717, 1.165) is 11.5 Å². The van der Waals surface area contributed by atoms with Crippen molar-refractivity contribution in [2.24, 2.45) is 0 Å². The molecule has 0 radical (unpaired) electrons. The van der Waals surface area contributed by atoms with Crippen LogP contribution in [-0.4, -0.2) is 15.4 Å². The van der Waals surface area contributed by atoms with Gasteiger partial charge in [-0.05, 0) is 30.1 Å². The molecule has 0 bridgehead atoms. The van der Waals surface area contributed by atoms with Gasteiger partial charge in [-0.15, -0.1) is 5.10 Å². The molecule has 0 N–H and O–H groups in total. The van der Waals surface area contributed by atoms with Gasteiger partial charge in [0.05, 0.1) is 5.69 Å². The fourth-order valence-electron chi connectivity index (χ4n) is 1.37. The number of rotatable bonds is 3. The lowest BCUT2D eigenvalue weighted by Gasteiger charge is -1.99. The SMILES string of the molecule is CCc1nnsc1C(=O)c1cccc(F)c1. The highest BCUT2D eigenvalue weighted by Gasteiger charge is 2.16. The van der Waals surface area contributed by atoms with Crippen LogP contribution < -0.4 is 0 Å². The molecule has 0 spiro atoms. The van der Waals surface area contributed by atoms with Gasteiger partial charge in [-0.3, -0.25) is 4.79 Å². The molecule has 1 aromatic carbocycles. The van der Waals surface area contributed by atoms with Gasteiger partial charge in [0.15, 0.2) is 0 Å². The third-order valence-corrected chi connectivity index (χ3v) is 2.95. The van der Waals surface area contributed by atoms with Crippen LogP contribution in [0.5, 0.6) is 0 Å². The van der Waals surface area contributed by atoms with Crippen LogP contribution in [-0.2, 0) is 6.42 Å². The molecule has 0 aliphatic carbocycles. The average molecular weight is 236 g/mol. The zero-order chi connectivity index (χ0) is 11.5. The molecule has 0 saturated carbocycles. The minimum atomic E-state index is -0.415. The highest BCUT2D eigenvalue weighted by molar-refractivity contribution is 7.08. The first-order valence-corrected chi connectivity index (χ1v) is 5.61. The number of hydrogen-bond acceptors (Lipinski definition) is 4. The lowest BCUT2D eigenvalue weighted by molar-refractivity contribution is 0.104. The van der Waals surface area contributed by atoms with Crippen LogP contribution in [0.3, 0.4) is 0 Å². The highest BCUT2D eigenvalue weighted by atomic mass is 32.1. The number of halogens is 1. The standard InChI is InChI=1S/C11H9FN2OS/c1-2-9-11(16-14-13-9)10(15)7-4-3-5-8(12)6-7/h3-6H,2H2,1H3. The number of aromatic nitrogens is 2. The van der Waals surface area contributed by atoms with Crippen molar-refractivity contribution in [2.75, 3.05) is 0 Å². The zero-order valence-electron chi connectivity index (χ0n) is 8.61. The van der Waals surface area contributed by atoms with E-state index in [1.165, 1.54) is 18.2 Å². The maximum atomic E-state index is 13.0. The molecule has 0 unspecified atom stereocenters. The van der Waals surface area contributed by atoms with Crippen molar-refractivity contribution in [3.05, 3.63) is 46.2 Å². The Bertz CT molecular complexity index is 524. The second-order valence-electron chi connectivity index (χ2n) is 3.24. The number of aryl methyl sites for hydroxylation is 1. The Morgan fingerprint density at radius 2 is 2.31 bits per heavy atom. The minimum absolute atomic E-state index is 0.216. The number of ketones is 1. The second-order valence-corrected chi connectivity index (χ2v) is 4.00. The molecule has 5 heteroatoms. The van der Waals surface area contributed by atoms with Crippen molar-refractivity contribution in [3.63, 3.8) is 0 Å². The molecule has 0 fully saturated rings. The number of nitrogens with zero attached hydrogens (tertiary/aromatic N) is 2. The quantitative estimate of drug-likeness (QED) is 0.769. The summed E-state index contributed by atoms with van der Waals surface area (Å²) in [5.41, 5.74) is 1.00. The maximum Gasteiger partial charge on any atom is 0.206 e. The van der Waals surface area contributed by atoms with Gasteiger partial charge in [0.1, 0.15) is 10.7 Å². The predicted molar refractivity (Wildman–Crippen MR) is 59.1 cm³/mol. The van der Waals surface area contributed by atoms with E-state index in [-0.39, 0.29) is 5.78 Å². The minimum Gasteiger partial charge on any atom is -0.288 e. The summed E-state index contributed by atoms with van der Waals surface area (Å²) in [5, 5.41) is 3.86. The summed E-state index contributed by atoms with van der Waals surface area (Å²) in [7, 11) is 0. The summed E-state index contributed by atoms with van der Waals surface area (Å²) < 4.78 is 16.7. The molecule has 82 valence electrons. The molecule has 16 heavy (non-hydrogen) atoms. The Kier molecular flexibility index (Phi) is 3.05. The average Bonchev–Trinajstić information content (AvgIpc) is 2.76. The van der Waals surface area contributed by atoms with Gasteiger partial charge in [-0.2, -0.15) is 0 Å². The van der Waals surface area contributed by atoms with Crippen LogP contribution in [0.4, 0.5) is 4.39 Å². The van der Waals surface area contributed by atoms with Gasteiger partial charge in [0, 0.05) is 5.56 Å². The molecule has 0 atom stereocenters. The Morgan fingerprint density at radius 1 is 1.50 bits per heavy atom. The van der Waals surface area contributed by atoms with Crippen LogP contribution in [0.25, 0.3) is 0 Å². The molecule has 2 aromatic rings. The van der Waals surface area contributed by atoms with Gasteiger partial charge >= 0.3 is 0 Å². The van der Waals surface area contributed by atoms with E-state index in [0.29, 0.717) is 22.6 Å². The van der Waals surface area contributed by atoms with Crippen LogP contribution in [0.1, 0.15) is 27.9 Å². The lowest BCUT2D eigenvalue weighted by atomic mass is 10.1. The number of carbonyl (C=O) groups is 1. The Balaban J connectivity index is 2.39. The van der Waals surface area contributed by atoms with Crippen molar-refractivity contribution in [2.45, 2.75) is 13.3 Å². The number of carbonyl (C=O) groups excluding carboxylic acids is 1. The number of hydrogen-bond donors (Lipinski definition) is 0. The molecule has 2 rings (SSSR count). The summed E-state index contributed by atoms with van der Waals surface area (Å²) in [5.74, 6) is -0.632. The van der Waals surface area contributed by atoms with Crippen molar-refractivity contribution in [1.29, 1.82) is 0 Å². The molecular weight excluding hydrogens is 227 g/mol. The molecule has 0 amide bonds. The summed E-state index contributed by atoms with van der Waals surface area (Å²) in [6.07, 6.45) is 0.646. The number of benzene rings is 1. The van der Waals surface area contributed by atoms with Crippen molar-refractivity contribution >= 4 is 17.3 Å². The summed E-state index contributed by atoms with van der Waals surface area (Å²) in [4.78, 5) is 12.5. The van der Waals surface area contributed by atoms with Gasteiger partial charge in [-0.1, -0.05) is 23.5 Å². The van der Waals surface area contributed by atoms with Crippen LogP contribution in [0.2, 0.25) is 0 Å². The first-order valence-electron chi connectivity index (χ1n) is 4.84. The van der Waals surface area contributed by atoms with E-state index in [4.69, 9.17) is 0 Å². The van der Waals surface area contributed by atoms with Crippen molar-refractivity contribution < 1.29 is 9.18 Å². The van der Waals surface area contributed by atoms with E-state index < -0.39 is 5.82 Å². The summed E-state index contributed by atoms with van der Waals surface area (Å²) >= 11 is 1.05. The van der Waals surface area contributed by atoms with Crippen molar-refractivity contribution in [3.8, 4) is 0 Å². The fraction of sp³-hybridized carbons (Fsp3) is 0.182. The van der Waals surface area contributed by atoms with Crippen LogP contribution >= 0.6 is 11.5 Å². The van der Waals surface area contributed by atoms with Crippen molar-refractivity contribution in [1.82, 2.24) is 9.59 Å². The predicted octanol–water partition coefficient (Wildman–Crippen LogP) is 2.47. The Labute approximate surface area is 96.1 Å². The van der Waals surface area contributed by atoms with E-state index >= 15 is 0 Å². The molecule has 1 heterocycles. The third kappa shape index (κ3) is 1.99. The van der Waals surface area contributed by atoms with Gasteiger partial charge in [0.25, 0.3) is 0 Å². The lowest BCUT2D eigenvalue weighted by Crippen LogP contribution is -2.02. The van der Waals surface area contributed by atoms with E-state index in [1.54, 1.807) is 6.07 Å². The molecule has 0 aliphatic heterocycles. The molecule has 1 aromatic heterocycles. The monoisotopic (exact) mass is 236 g/mol. The molecule has 0 aliphatic rings. The fourth-order valence-corrected chi connectivity index (χ4v) is 2.09. The van der Waals surface area contributed by atoms with E-state index in [2.05, 4.69) is 9.59 Å². The van der Waals surface area contributed by atoms with Gasteiger partial charge < -0.3 is 0 Å². The van der Waals surface area contributed by atoms with Gasteiger partial charge in [-0.25, -0.2) is 4.39 Å². The topological polar surface area (TPSA) is 42.9 Å². The largest absolute Gasteiger partial charge is 0.288 e.